The summed E-state index contributed by atoms with van der Waals surface area (Å²) < 4.78 is 4.86. The molecule has 0 saturated heterocycles. The monoisotopic (exact) mass is 785 g/mol. The van der Waals surface area contributed by atoms with Crippen molar-refractivity contribution in [1.29, 1.82) is 0 Å². The zero-order valence-corrected chi connectivity index (χ0v) is 35.2. The normalized spacial score (nSPS) is 13.1. The third-order valence-electron chi connectivity index (χ3n) is 13.4. The summed E-state index contributed by atoms with van der Waals surface area (Å²) in [4.78, 5) is 14.1. The number of fused-ring (bicyclic) bond motifs is 16. The van der Waals surface area contributed by atoms with Crippen molar-refractivity contribution in [2.75, 3.05) is 4.90 Å². The number of hydrogen-bond donors (Lipinski definition) is 0. The second-order valence-corrected chi connectivity index (χ2v) is 19.1. The van der Waals surface area contributed by atoms with Crippen LogP contribution in [-0.2, 0) is 10.8 Å². The minimum absolute atomic E-state index is 0.0196. The maximum atomic E-state index is 5.89. The summed E-state index contributed by atoms with van der Waals surface area (Å²) in [5, 5.41) is 12.1. The molecule has 13 rings (SSSR count). The van der Waals surface area contributed by atoms with Gasteiger partial charge in [0.1, 0.15) is 11.0 Å². The standard InChI is InChI=1S/C56H43N5/c1-55(2,3)34-25-26-44-40(29-34)41-27-32-17-14-16-24-39(32)47-49-54(60(44)51(41)47)57-48-43-28-33-18-13-15-23-38(33)46-42-30-35(56(4,5)6)31-45(50(42)61(52(43)46)53(48)58-49)59(36-19-9-7-10-20-36)37-21-11-8-12-22-37/h7-31H,1-6H3. The predicted octanol–water partition coefficient (Wildman–Crippen LogP) is 15.1. The van der Waals surface area contributed by atoms with Crippen LogP contribution in [0.3, 0.4) is 0 Å². The number of benzene rings is 8. The van der Waals surface area contributed by atoms with E-state index in [2.05, 4.69) is 207 Å². The van der Waals surface area contributed by atoms with Crippen LogP contribution in [0.1, 0.15) is 52.7 Å². The van der Waals surface area contributed by atoms with Gasteiger partial charge in [-0.2, -0.15) is 0 Å². The lowest BCUT2D eigenvalue weighted by molar-refractivity contribution is 0.591. The summed E-state index contributed by atoms with van der Waals surface area (Å²) in [6.45, 7) is 13.8. The molecular formula is C56H43N5. The Bertz CT molecular complexity index is 3900. The molecular weight excluding hydrogens is 743 g/mol. The molecule has 0 aliphatic rings. The van der Waals surface area contributed by atoms with E-state index in [1.807, 2.05) is 0 Å². The van der Waals surface area contributed by atoms with E-state index < -0.39 is 0 Å². The third-order valence-corrected chi connectivity index (χ3v) is 13.4. The van der Waals surface area contributed by atoms with Gasteiger partial charge in [0.15, 0.2) is 11.3 Å². The lowest BCUT2D eigenvalue weighted by Gasteiger charge is -2.29. The third kappa shape index (κ3) is 4.61. The summed E-state index contributed by atoms with van der Waals surface area (Å²) in [5.74, 6) is 0. The molecule has 0 fully saturated rings. The largest absolute Gasteiger partial charge is 0.308 e. The van der Waals surface area contributed by atoms with Gasteiger partial charge in [0, 0.05) is 43.7 Å². The maximum absolute atomic E-state index is 5.89. The van der Waals surface area contributed by atoms with Crippen LogP contribution in [0.4, 0.5) is 17.1 Å². The smallest absolute Gasteiger partial charge is 0.165 e. The molecule has 5 nitrogen and oxygen atoms in total. The fourth-order valence-electron chi connectivity index (χ4n) is 10.4. The average molecular weight is 786 g/mol. The van der Waals surface area contributed by atoms with Crippen LogP contribution in [-0.4, -0.2) is 18.8 Å². The van der Waals surface area contributed by atoms with E-state index in [0.717, 1.165) is 66.7 Å². The van der Waals surface area contributed by atoms with Crippen molar-refractivity contribution < 1.29 is 0 Å². The zero-order valence-electron chi connectivity index (χ0n) is 35.2. The minimum Gasteiger partial charge on any atom is -0.308 e. The molecule has 0 amide bonds. The number of hydrogen-bond acceptors (Lipinski definition) is 3. The number of anilines is 3. The highest BCUT2D eigenvalue weighted by Gasteiger charge is 2.31. The van der Waals surface area contributed by atoms with Crippen molar-refractivity contribution in [1.82, 2.24) is 18.8 Å². The minimum atomic E-state index is -0.115. The SMILES string of the molecule is CC(C)(C)c1ccc2c(c1)c1cc3ccccc3c3c4nc5c(nc4n2c13)c1cc2ccccc2c2c3cc(C(C)(C)C)cc(N(c4ccccc4)c4ccccc4)c3n5c12. The van der Waals surface area contributed by atoms with Crippen molar-refractivity contribution in [2.24, 2.45) is 0 Å². The van der Waals surface area contributed by atoms with E-state index in [4.69, 9.17) is 9.97 Å². The van der Waals surface area contributed by atoms with Crippen LogP contribution < -0.4 is 4.90 Å². The summed E-state index contributed by atoms with van der Waals surface area (Å²) >= 11 is 0. The van der Waals surface area contributed by atoms with Gasteiger partial charge in [-0.1, -0.05) is 133 Å². The van der Waals surface area contributed by atoms with Crippen molar-refractivity contribution in [3.63, 3.8) is 0 Å². The maximum Gasteiger partial charge on any atom is 0.165 e. The molecule has 0 radical (unpaired) electrons. The fraction of sp³-hybridized carbons (Fsp3) is 0.143. The molecule has 292 valence electrons. The van der Waals surface area contributed by atoms with E-state index in [1.54, 1.807) is 0 Å². The fourth-order valence-corrected chi connectivity index (χ4v) is 10.4. The topological polar surface area (TPSA) is 37.8 Å². The first-order valence-corrected chi connectivity index (χ1v) is 21.4. The van der Waals surface area contributed by atoms with E-state index in [9.17, 15) is 0 Å². The summed E-state index contributed by atoms with van der Waals surface area (Å²) in [5.41, 5.74) is 14.1. The Hall–Kier alpha value is -7.24. The molecule has 0 spiro atoms. The van der Waals surface area contributed by atoms with Crippen LogP contribution in [0.2, 0.25) is 0 Å². The van der Waals surface area contributed by atoms with Gasteiger partial charge in [-0.3, -0.25) is 8.80 Å². The van der Waals surface area contributed by atoms with Crippen molar-refractivity contribution >= 4 is 115 Å². The van der Waals surface area contributed by atoms with Crippen LogP contribution in [0.15, 0.2) is 152 Å². The van der Waals surface area contributed by atoms with Crippen molar-refractivity contribution in [2.45, 2.75) is 52.4 Å². The Labute approximate surface area is 352 Å². The molecule has 61 heavy (non-hydrogen) atoms. The summed E-state index contributed by atoms with van der Waals surface area (Å²) in [6, 6.07) is 55.8. The molecule has 0 N–H and O–H groups in total. The summed E-state index contributed by atoms with van der Waals surface area (Å²) in [7, 11) is 0. The van der Waals surface area contributed by atoms with Gasteiger partial charge in [0.05, 0.1) is 27.8 Å². The predicted molar refractivity (Wildman–Crippen MR) is 258 cm³/mol. The first-order valence-electron chi connectivity index (χ1n) is 21.4. The molecule has 0 unspecified atom stereocenters. The molecule has 5 heterocycles. The van der Waals surface area contributed by atoms with E-state index in [-0.39, 0.29) is 10.8 Å². The first-order chi connectivity index (χ1) is 29.5. The highest BCUT2D eigenvalue weighted by atomic mass is 15.2. The van der Waals surface area contributed by atoms with E-state index in [0.29, 0.717) is 0 Å². The van der Waals surface area contributed by atoms with Gasteiger partial charge >= 0.3 is 0 Å². The van der Waals surface area contributed by atoms with Gasteiger partial charge in [0.25, 0.3) is 0 Å². The van der Waals surface area contributed by atoms with Crippen LogP contribution in [0.25, 0.3) is 98.3 Å². The number of rotatable bonds is 3. The van der Waals surface area contributed by atoms with Gasteiger partial charge in [-0.05, 0) is 104 Å². The van der Waals surface area contributed by atoms with Gasteiger partial charge in [0.2, 0.25) is 0 Å². The average Bonchev–Trinajstić information content (AvgIpc) is 3.98. The second kappa shape index (κ2) is 11.7. The van der Waals surface area contributed by atoms with E-state index in [1.165, 1.54) is 59.7 Å². The van der Waals surface area contributed by atoms with Crippen LogP contribution in [0, 0.1) is 0 Å². The zero-order chi connectivity index (χ0) is 41.1. The molecule has 0 aliphatic carbocycles. The molecule has 0 aliphatic heterocycles. The quantitative estimate of drug-likeness (QED) is 0.179. The molecule has 13 aromatic rings. The lowest BCUT2D eigenvalue weighted by atomic mass is 9.85. The highest BCUT2D eigenvalue weighted by Crippen LogP contribution is 2.50. The Morgan fingerprint density at radius 1 is 0.410 bits per heavy atom. The van der Waals surface area contributed by atoms with Crippen LogP contribution in [0.5, 0.6) is 0 Å². The Morgan fingerprint density at radius 2 is 0.951 bits per heavy atom. The molecule has 0 atom stereocenters. The number of aromatic nitrogens is 4. The Kier molecular flexibility index (Phi) is 6.66. The molecule has 0 saturated carbocycles. The second-order valence-electron chi connectivity index (χ2n) is 19.1. The van der Waals surface area contributed by atoms with Gasteiger partial charge in [-0.15, -0.1) is 0 Å². The Morgan fingerprint density at radius 3 is 1.61 bits per heavy atom. The highest BCUT2D eigenvalue weighted by molar-refractivity contribution is 6.34. The van der Waals surface area contributed by atoms with E-state index >= 15 is 0 Å². The number of nitrogens with zero attached hydrogens (tertiary/aromatic N) is 5. The molecule has 5 aromatic heterocycles. The Balaban J connectivity index is 1.28. The van der Waals surface area contributed by atoms with Gasteiger partial charge < -0.3 is 4.90 Å². The molecule has 0 bridgehead atoms. The molecule has 8 aromatic carbocycles. The van der Waals surface area contributed by atoms with Crippen LogP contribution >= 0.6 is 0 Å². The van der Waals surface area contributed by atoms with Crippen molar-refractivity contribution in [3.05, 3.63) is 163 Å². The molecule has 5 heteroatoms. The number of para-hydroxylation sites is 2. The van der Waals surface area contributed by atoms with Crippen molar-refractivity contribution in [3.8, 4) is 0 Å². The summed E-state index contributed by atoms with van der Waals surface area (Å²) in [6.07, 6.45) is 0. The van der Waals surface area contributed by atoms with Gasteiger partial charge in [-0.25, -0.2) is 9.97 Å². The lowest BCUT2D eigenvalue weighted by Crippen LogP contribution is -2.15. The first kappa shape index (κ1) is 34.6.